The number of hydrogen-bond donors (Lipinski definition) is 4. The molecule has 2 aromatic heterocycles. The van der Waals surface area contributed by atoms with Crippen molar-refractivity contribution in [3.05, 3.63) is 35.7 Å². The van der Waals surface area contributed by atoms with Gasteiger partial charge in [0.25, 0.3) is 0 Å². The minimum Gasteiger partial charge on any atom is -0.447 e. The average Bonchev–Trinajstić information content (AvgIpc) is 3.51. The topological polar surface area (TPSA) is 151 Å². The minimum atomic E-state index is -3.74. The van der Waals surface area contributed by atoms with E-state index in [4.69, 9.17) is 4.74 Å². The molecule has 4 rings (SSSR count). The van der Waals surface area contributed by atoms with Gasteiger partial charge < -0.3 is 20.4 Å². The van der Waals surface area contributed by atoms with Crippen LogP contribution in [0.25, 0.3) is 10.4 Å². The molecule has 0 aliphatic heterocycles. The molecule has 0 spiro atoms. The van der Waals surface area contributed by atoms with Crippen LogP contribution in [0.5, 0.6) is 0 Å². The number of anilines is 2. The van der Waals surface area contributed by atoms with Gasteiger partial charge in [0.15, 0.2) is 0 Å². The first-order chi connectivity index (χ1) is 17.2. The van der Waals surface area contributed by atoms with Crippen LogP contribution < -0.4 is 15.4 Å². The number of nitrogens with zero attached hydrogens (tertiary/aromatic N) is 3. The van der Waals surface area contributed by atoms with Gasteiger partial charge in [0, 0.05) is 36.0 Å². The lowest BCUT2D eigenvalue weighted by atomic mass is 9.86. The number of sulfonamides is 1. The van der Waals surface area contributed by atoms with Crippen LogP contribution in [-0.4, -0.2) is 53.4 Å². The van der Waals surface area contributed by atoms with Crippen LogP contribution in [0.3, 0.4) is 0 Å². The molecule has 1 aliphatic carbocycles. The molecule has 36 heavy (non-hydrogen) atoms. The average molecular weight is 534 g/mol. The molecule has 4 N–H and O–H groups in total. The number of amides is 1. The van der Waals surface area contributed by atoms with Gasteiger partial charge in [0.2, 0.25) is 16.0 Å². The molecule has 1 saturated carbocycles. The Balaban J connectivity index is 1.51. The molecule has 0 radical (unpaired) electrons. The fourth-order valence-electron chi connectivity index (χ4n) is 4.20. The Hall–Kier alpha value is -3.03. The Labute approximate surface area is 214 Å². The molecule has 0 bridgehead atoms. The highest BCUT2D eigenvalue weighted by atomic mass is 32.2. The van der Waals surface area contributed by atoms with Crippen molar-refractivity contribution in [3.8, 4) is 10.4 Å². The number of aromatic nitrogens is 4. The SMILES string of the molecule is CCNS(=O)(=O)c1cc(Nc2nnc[nH]2)ccc1-c1cnc(C2CCC(NC(=O)OC(C)C)CC2)s1. The number of benzene rings is 1. The predicted octanol–water partition coefficient (Wildman–Crippen LogP) is 4.13. The van der Waals surface area contributed by atoms with Gasteiger partial charge in [0.05, 0.1) is 20.9 Å². The lowest BCUT2D eigenvalue weighted by Crippen LogP contribution is -2.38. The summed E-state index contributed by atoms with van der Waals surface area (Å²) in [7, 11) is -3.74. The van der Waals surface area contributed by atoms with Gasteiger partial charge in [-0.2, -0.15) is 0 Å². The van der Waals surface area contributed by atoms with Crippen molar-refractivity contribution in [2.45, 2.75) is 69.4 Å². The van der Waals surface area contributed by atoms with Crippen LogP contribution in [0.2, 0.25) is 0 Å². The molecule has 1 aromatic carbocycles. The van der Waals surface area contributed by atoms with E-state index >= 15 is 0 Å². The molecular formula is C23H31N7O4S2. The first kappa shape index (κ1) is 26.0. The summed E-state index contributed by atoms with van der Waals surface area (Å²) < 4.78 is 33.9. The molecule has 3 aromatic rings. The number of hydrogen-bond acceptors (Lipinski definition) is 9. The highest BCUT2D eigenvalue weighted by molar-refractivity contribution is 7.89. The highest BCUT2D eigenvalue weighted by Gasteiger charge is 2.27. The van der Waals surface area contributed by atoms with Crippen molar-refractivity contribution in [1.29, 1.82) is 0 Å². The summed E-state index contributed by atoms with van der Waals surface area (Å²) in [5, 5.41) is 14.6. The van der Waals surface area contributed by atoms with E-state index in [-0.39, 0.29) is 35.6 Å². The maximum atomic E-state index is 13.0. The third-order valence-corrected chi connectivity index (χ3v) is 8.59. The van der Waals surface area contributed by atoms with E-state index in [9.17, 15) is 13.2 Å². The maximum absolute atomic E-state index is 13.0. The first-order valence-corrected chi connectivity index (χ1v) is 14.2. The van der Waals surface area contributed by atoms with Crippen LogP contribution >= 0.6 is 11.3 Å². The van der Waals surface area contributed by atoms with Crippen molar-refractivity contribution in [2.75, 3.05) is 11.9 Å². The standard InChI is InChI=1S/C23H31N7O4S2/c1-4-27-36(32,33)20-11-17(28-22-25-13-26-30-22)9-10-18(20)19-12-24-21(35-19)15-5-7-16(8-6-15)29-23(31)34-14(2)3/h9-16,27H,4-8H2,1-3H3,(H,29,31)(H2,25,26,28,30). The second kappa shape index (κ2) is 11.4. The summed E-state index contributed by atoms with van der Waals surface area (Å²) in [5.41, 5.74) is 1.16. The lowest BCUT2D eigenvalue weighted by molar-refractivity contribution is 0.109. The van der Waals surface area contributed by atoms with E-state index in [0.717, 1.165) is 35.6 Å². The van der Waals surface area contributed by atoms with Crippen LogP contribution in [0.1, 0.15) is 57.4 Å². The number of carbonyl (C=O) groups excluding carboxylic acids is 1. The van der Waals surface area contributed by atoms with Gasteiger partial charge in [-0.15, -0.1) is 21.5 Å². The molecule has 0 saturated heterocycles. The number of carbonyl (C=O) groups is 1. The van der Waals surface area contributed by atoms with Crippen LogP contribution in [0.4, 0.5) is 16.4 Å². The van der Waals surface area contributed by atoms with Gasteiger partial charge in [-0.3, -0.25) is 0 Å². The second-order valence-electron chi connectivity index (χ2n) is 8.88. The lowest BCUT2D eigenvalue weighted by Gasteiger charge is -2.28. The van der Waals surface area contributed by atoms with Crippen molar-refractivity contribution >= 4 is 39.1 Å². The maximum Gasteiger partial charge on any atom is 0.407 e. The van der Waals surface area contributed by atoms with Crippen molar-refractivity contribution in [2.24, 2.45) is 0 Å². The van der Waals surface area contributed by atoms with Crippen LogP contribution in [0.15, 0.2) is 35.6 Å². The first-order valence-electron chi connectivity index (χ1n) is 11.9. The fourth-order valence-corrected chi connectivity index (χ4v) is 6.67. The molecule has 11 nitrogen and oxygen atoms in total. The normalized spacial score (nSPS) is 18.2. The zero-order valence-corrected chi connectivity index (χ0v) is 22.1. The number of H-pyrrole nitrogens is 1. The summed E-state index contributed by atoms with van der Waals surface area (Å²) in [5.74, 6) is 0.682. The summed E-state index contributed by atoms with van der Waals surface area (Å²) in [6, 6.07) is 5.26. The summed E-state index contributed by atoms with van der Waals surface area (Å²) in [6.07, 6.45) is 6.12. The van der Waals surface area contributed by atoms with Crippen molar-refractivity contribution in [1.82, 2.24) is 30.2 Å². The van der Waals surface area contributed by atoms with Gasteiger partial charge in [-0.1, -0.05) is 13.0 Å². The van der Waals surface area contributed by atoms with Crippen LogP contribution in [-0.2, 0) is 14.8 Å². The van der Waals surface area contributed by atoms with Crippen molar-refractivity contribution in [3.63, 3.8) is 0 Å². The van der Waals surface area contributed by atoms with Crippen LogP contribution in [0, 0.1) is 0 Å². The number of alkyl carbamates (subject to hydrolysis) is 1. The number of thiazole rings is 1. The number of ether oxygens (including phenoxy) is 1. The van der Waals surface area contributed by atoms with Gasteiger partial charge in [0.1, 0.15) is 6.33 Å². The highest BCUT2D eigenvalue weighted by Crippen LogP contribution is 2.40. The molecule has 1 aliphatic rings. The Bertz CT molecular complexity index is 1270. The number of aromatic amines is 1. The zero-order valence-electron chi connectivity index (χ0n) is 20.4. The molecular weight excluding hydrogens is 502 g/mol. The Morgan fingerprint density at radius 2 is 2.03 bits per heavy atom. The smallest absolute Gasteiger partial charge is 0.407 e. The van der Waals surface area contributed by atoms with E-state index in [1.807, 2.05) is 13.8 Å². The number of rotatable bonds is 9. The molecule has 1 fully saturated rings. The Kier molecular flexibility index (Phi) is 8.21. The van der Waals surface area contributed by atoms with E-state index in [1.165, 1.54) is 17.7 Å². The summed E-state index contributed by atoms with van der Waals surface area (Å²) >= 11 is 1.51. The summed E-state index contributed by atoms with van der Waals surface area (Å²) in [4.78, 5) is 20.3. The van der Waals surface area contributed by atoms with Gasteiger partial charge >= 0.3 is 6.09 Å². The second-order valence-corrected chi connectivity index (χ2v) is 11.7. The molecule has 194 valence electrons. The monoisotopic (exact) mass is 533 g/mol. The zero-order chi connectivity index (χ0) is 25.7. The molecule has 1 amide bonds. The van der Waals surface area contributed by atoms with E-state index in [2.05, 4.69) is 35.5 Å². The fraction of sp³-hybridized carbons (Fsp3) is 0.478. The van der Waals surface area contributed by atoms with Gasteiger partial charge in [-0.05, 0) is 51.7 Å². The Morgan fingerprint density at radius 1 is 1.25 bits per heavy atom. The van der Waals surface area contributed by atoms with E-state index in [0.29, 0.717) is 17.2 Å². The third kappa shape index (κ3) is 6.39. The number of nitrogens with one attached hydrogen (secondary N) is 4. The van der Waals surface area contributed by atoms with E-state index < -0.39 is 10.0 Å². The molecule has 0 atom stereocenters. The third-order valence-electron chi connectivity index (χ3n) is 5.82. The summed E-state index contributed by atoms with van der Waals surface area (Å²) in [6.45, 7) is 5.67. The minimum absolute atomic E-state index is 0.0909. The largest absolute Gasteiger partial charge is 0.447 e. The van der Waals surface area contributed by atoms with E-state index in [1.54, 1.807) is 31.3 Å². The van der Waals surface area contributed by atoms with Gasteiger partial charge in [-0.25, -0.2) is 22.9 Å². The molecule has 13 heteroatoms. The molecule has 0 unspecified atom stereocenters. The molecule has 2 heterocycles. The van der Waals surface area contributed by atoms with Crippen molar-refractivity contribution < 1.29 is 17.9 Å². The quantitative estimate of drug-likeness (QED) is 0.320. The Morgan fingerprint density at radius 3 is 2.69 bits per heavy atom. The predicted molar refractivity (Wildman–Crippen MR) is 138 cm³/mol.